The number of aromatic nitrogens is 1. The zero-order valence-corrected chi connectivity index (χ0v) is 12.4. The summed E-state index contributed by atoms with van der Waals surface area (Å²) in [5.41, 5.74) is 3.01. The molecule has 0 aliphatic rings. The Labute approximate surface area is 131 Å². The van der Waals surface area contributed by atoms with E-state index >= 15 is 0 Å². The molecule has 3 heteroatoms. The third kappa shape index (κ3) is 4.89. The number of allylic oxidation sites excluding steroid dienone is 3. The highest BCUT2D eigenvalue weighted by molar-refractivity contribution is 5.68. The second kappa shape index (κ2) is 9.10. The molecule has 112 valence electrons. The highest BCUT2D eigenvalue weighted by Gasteiger charge is 2.01. The molecule has 2 rings (SSSR count). The average molecular weight is 292 g/mol. The van der Waals surface area contributed by atoms with Gasteiger partial charge in [-0.2, -0.15) is 0 Å². The Kier molecular flexibility index (Phi) is 7.09. The van der Waals surface area contributed by atoms with Crippen molar-refractivity contribution in [1.82, 2.24) is 4.98 Å². The van der Waals surface area contributed by atoms with Gasteiger partial charge in [-0.3, -0.25) is 0 Å². The van der Waals surface area contributed by atoms with Crippen molar-refractivity contribution in [2.75, 3.05) is 5.32 Å². The number of rotatable bonds is 6. The Hall–Kier alpha value is -2.91. The molecule has 0 atom stereocenters. The van der Waals surface area contributed by atoms with E-state index in [1.807, 2.05) is 42.5 Å². The van der Waals surface area contributed by atoms with Gasteiger partial charge in [-0.25, -0.2) is 4.98 Å². The van der Waals surface area contributed by atoms with Crippen molar-refractivity contribution in [2.24, 2.45) is 0 Å². The molecular formula is C19H20N2O. The second-order valence-corrected chi connectivity index (χ2v) is 4.38. The molecule has 0 aliphatic heterocycles. The van der Waals surface area contributed by atoms with E-state index in [-0.39, 0.29) is 5.48 Å². The van der Waals surface area contributed by atoms with Crippen LogP contribution in [0, 0.1) is 0 Å². The highest BCUT2D eigenvalue weighted by Crippen LogP contribution is 2.17. The van der Waals surface area contributed by atoms with Crippen molar-refractivity contribution >= 4 is 18.0 Å². The Balaban J connectivity index is 0.00000242. The smallest absolute Gasteiger partial charge is 0.137 e. The van der Waals surface area contributed by atoms with E-state index in [4.69, 9.17) is 0 Å². The van der Waals surface area contributed by atoms with Crippen LogP contribution in [0.1, 0.15) is 11.1 Å². The molecule has 0 bridgehead atoms. The van der Waals surface area contributed by atoms with Gasteiger partial charge in [-0.15, -0.1) is 0 Å². The van der Waals surface area contributed by atoms with Crippen LogP contribution in [0.25, 0.3) is 12.2 Å². The van der Waals surface area contributed by atoms with Crippen molar-refractivity contribution in [2.45, 2.75) is 0 Å². The van der Waals surface area contributed by atoms with Crippen LogP contribution in [0.3, 0.4) is 0 Å². The molecule has 1 aromatic carbocycles. The molecule has 0 aliphatic carbocycles. The van der Waals surface area contributed by atoms with Crippen LogP contribution in [0.15, 0.2) is 85.7 Å². The normalized spacial score (nSPS) is 10.8. The van der Waals surface area contributed by atoms with Crippen LogP contribution in [0.4, 0.5) is 5.82 Å². The van der Waals surface area contributed by atoms with Gasteiger partial charge >= 0.3 is 0 Å². The molecule has 0 fully saturated rings. The van der Waals surface area contributed by atoms with Gasteiger partial charge in [0.1, 0.15) is 5.82 Å². The summed E-state index contributed by atoms with van der Waals surface area (Å²) in [5.74, 6) is 0.781. The quantitative estimate of drug-likeness (QED) is 0.815. The van der Waals surface area contributed by atoms with E-state index in [1.54, 1.807) is 18.3 Å². The monoisotopic (exact) mass is 292 g/mol. The first-order valence-corrected chi connectivity index (χ1v) is 6.74. The van der Waals surface area contributed by atoms with Gasteiger partial charge < -0.3 is 10.8 Å². The summed E-state index contributed by atoms with van der Waals surface area (Å²) >= 11 is 0. The summed E-state index contributed by atoms with van der Waals surface area (Å²) in [6.45, 7) is 7.52. The number of benzene rings is 1. The molecule has 0 amide bonds. The van der Waals surface area contributed by atoms with E-state index in [2.05, 4.69) is 41.7 Å². The Bertz CT molecular complexity index is 673. The van der Waals surface area contributed by atoms with Crippen molar-refractivity contribution < 1.29 is 5.48 Å². The zero-order chi connectivity index (χ0) is 14.9. The Morgan fingerprint density at radius 2 is 1.82 bits per heavy atom. The topological polar surface area (TPSA) is 56.4 Å². The molecule has 0 spiro atoms. The molecule has 3 N–H and O–H groups in total. The zero-order valence-electron chi connectivity index (χ0n) is 12.4. The fraction of sp³-hybridized carbons (Fsp3) is 0. The largest absolute Gasteiger partial charge is 0.412 e. The predicted molar refractivity (Wildman–Crippen MR) is 95.3 cm³/mol. The van der Waals surface area contributed by atoms with E-state index in [1.165, 1.54) is 0 Å². The van der Waals surface area contributed by atoms with Crippen LogP contribution < -0.4 is 5.32 Å². The molecule has 22 heavy (non-hydrogen) atoms. The number of hydrogen-bond donors (Lipinski definition) is 1. The number of nitrogens with one attached hydrogen (secondary N) is 1. The van der Waals surface area contributed by atoms with Gasteiger partial charge in [0.15, 0.2) is 0 Å². The molecule has 2 aromatic rings. The van der Waals surface area contributed by atoms with Crippen molar-refractivity contribution in [3.8, 4) is 0 Å². The molecule has 0 radical (unpaired) electrons. The standard InChI is InChI=1S/C19H18N2.H2O/c1-3-5-13-18(15-16-10-7-6-8-11-16)21-19-17(4-2)12-9-14-20-19;/h3-15H,1-2H2,(H,20,21);1H2. The predicted octanol–water partition coefficient (Wildman–Crippen LogP) is 4.10. The molecule has 0 saturated heterocycles. The van der Waals surface area contributed by atoms with Crippen molar-refractivity contribution in [3.05, 3.63) is 96.9 Å². The van der Waals surface area contributed by atoms with Crippen LogP contribution >= 0.6 is 0 Å². The molecule has 1 aromatic heterocycles. The minimum atomic E-state index is 0. The first-order chi connectivity index (χ1) is 10.3. The summed E-state index contributed by atoms with van der Waals surface area (Å²) in [6, 6.07) is 14.0. The average Bonchev–Trinajstić information content (AvgIpc) is 2.54. The van der Waals surface area contributed by atoms with E-state index in [9.17, 15) is 0 Å². The van der Waals surface area contributed by atoms with Crippen LogP contribution in [0.2, 0.25) is 0 Å². The SMILES string of the molecule is C=CC=CC(=Cc1ccccc1)Nc1ncccc1C=C.O. The van der Waals surface area contributed by atoms with Crippen LogP contribution in [-0.4, -0.2) is 10.5 Å². The molecule has 1 heterocycles. The number of nitrogens with zero attached hydrogens (tertiary/aromatic N) is 1. The maximum atomic E-state index is 4.36. The summed E-state index contributed by atoms with van der Waals surface area (Å²) < 4.78 is 0. The lowest BCUT2D eigenvalue weighted by Crippen LogP contribution is -2.01. The lowest BCUT2D eigenvalue weighted by molar-refractivity contribution is 0.824. The highest BCUT2D eigenvalue weighted by atomic mass is 16.0. The van der Waals surface area contributed by atoms with E-state index in [0.717, 1.165) is 22.6 Å². The van der Waals surface area contributed by atoms with E-state index in [0.29, 0.717) is 0 Å². The number of hydrogen-bond acceptors (Lipinski definition) is 2. The fourth-order valence-corrected chi connectivity index (χ4v) is 1.85. The van der Waals surface area contributed by atoms with Crippen LogP contribution in [-0.2, 0) is 0 Å². The van der Waals surface area contributed by atoms with Crippen molar-refractivity contribution in [3.63, 3.8) is 0 Å². The second-order valence-electron chi connectivity index (χ2n) is 4.38. The third-order valence-corrected chi connectivity index (χ3v) is 2.86. The van der Waals surface area contributed by atoms with Gasteiger partial charge in [-0.1, -0.05) is 61.7 Å². The summed E-state index contributed by atoms with van der Waals surface area (Å²) in [6.07, 6.45) is 11.2. The van der Waals surface area contributed by atoms with E-state index < -0.39 is 0 Å². The third-order valence-electron chi connectivity index (χ3n) is 2.86. The first-order valence-electron chi connectivity index (χ1n) is 6.74. The first kappa shape index (κ1) is 17.1. The number of pyridine rings is 1. The molecule has 0 saturated carbocycles. The van der Waals surface area contributed by atoms with Gasteiger partial charge in [0.25, 0.3) is 0 Å². The molecule has 3 nitrogen and oxygen atoms in total. The minimum absolute atomic E-state index is 0. The number of anilines is 1. The Morgan fingerprint density at radius 1 is 1.05 bits per heavy atom. The van der Waals surface area contributed by atoms with Crippen LogP contribution in [0.5, 0.6) is 0 Å². The van der Waals surface area contributed by atoms with Gasteiger partial charge in [0.05, 0.1) is 0 Å². The minimum Gasteiger partial charge on any atom is -0.412 e. The maximum absolute atomic E-state index is 4.36. The van der Waals surface area contributed by atoms with Crippen molar-refractivity contribution in [1.29, 1.82) is 0 Å². The Morgan fingerprint density at radius 3 is 2.50 bits per heavy atom. The lowest BCUT2D eigenvalue weighted by Gasteiger charge is -2.09. The van der Waals surface area contributed by atoms with Gasteiger partial charge in [0.2, 0.25) is 0 Å². The fourth-order valence-electron chi connectivity index (χ4n) is 1.85. The summed E-state index contributed by atoms with van der Waals surface area (Å²) in [7, 11) is 0. The van der Waals surface area contributed by atoms with Gasteiger partial charge in [-0.05, 0) is 29.8 Å². The van der Waals surface area contributed by atoms with Gasteiger partial charge in [0, 0.05) is 17.5 Å². The molecular weight excluding hydrogens is 272 g/mol. The summed E-state index contributed by atoms with van der Waals surface area (Å²) in [5, 5.41) is 3.33. The summed E-state index contributed by atoms with van der Waals surface area (Å²) in [4.78, 5) is 4.36. The lowest BCUT2D eigenvalue weighted by atomic mass is 10.1. The molecule has 0 unspecified atom stereocenters. The maximum Gasteiger partial charge on any atom is 0.137 e.